The summed E-state index contributed by atoms with van der Waals surface area (Å²) in [6.07, 6.45) is 6.62. The fourth-order valence-corrected chi connectivity index (χ4v) is 7.30. The Morgan fingerprint density at radius 3 is 2.18 bits per heavy atom. The second-order valence-corrected chi connectivity index (χ2v) is 11.7. The third-order valence-electron chi connectivity index (χ3n) is 8.62. The van der Waals surface area contributed by atoms with Gasteiger partial charge in [-0.25, -0.2) is 4.39 Å². The molecule has 1 unspecified atom stereocenters. The lowest BCUT2D eigenvalue weighted by Crippen LogP contribution is -2.49. The number of nitrogens with zero attached hydrogens (tertiary/aromatic N) is 2. The second-order valence-electron chi connectivity index (χ2n) is 10.9. The molecular formula is C30H36Cl2FN3O2. The number of piperazine rings is 1. The van der Waals surface area contributed by atoms with Crippen LogP contribution >= 0.6 is 23.2 Å². The first-order chi connectivity index (χ1) is 18.5. The first kappa shape index (κ1) is 27.4. The van der Waals surface area contributed by atoms with Crippen LogP contribution in [0.5, 0.6) is 0 Å². The summed E-state index contributed by atoms with van der Waals surface area (Å²) in [6, 6.07) is 11.4. The third-order valence-corrected chi connectivity index (χ3v) is 9.25. The molecule has 2 saturated heterocycles. The molecule has 0 bridgehead atoms. The predicted molar refractivity (Wildman–Crippen MR) is 151 cm³/mol. The normalized spacial score (nSPS) is 21.9. The molecule has 2 aromatic carbocycles. The number of halogens is 3. The number of carbonyl (C=O) groups is 2. The highest BCUT2D eigenvalue weighted by Gasteiger charge is 2.40. The summed E-state index contributed by atoms with van der Waals surface area (Å²) in [5.74, 6) is 0.441. The van der Waals surface area contributed by atoms with Crippen molar-refractivity contribution in [3.63, 3.8) is 0 Å². The van der Waals surface area contributed by atoms with Gasteiger partial charge in [0.05, 0.1) is 0 Å². The number of alkyl halides is 1. The van der Waals surface area contributed by atoms with Gasteiger partial charge in [0.2, 0.25) is 5.91 Å². The van der Waals surface area contributed by atoms with Crippen LogP contribution < -0.4 is 5.32 Å². The third kappa shape index (κ3) is 5.88. The maximum Gasteiger partial charge on any atom is 0.253 e. The zero-order valence-electron chi connectivity index (χ0n) is 21.7. The van der Waals surface area contributed by atoms with Crippen LogP contribution in [0.1, 0.15) is 60.4 Å². The Labute approximate surface area is 234 Å². The average molecular weight is 561 g/mol. The molecule has 2 aliphatic heterocycles. The van der Waals surface area contributed by atoms with Gasteiger partial charge in [0.25, 0.3) is 5.91 Å². The maximum absolute atomic E-state index is 13.0. The van der Waals surface area contributed by atoms with Gasteiger partial charge < -0.3 is 10.2 Å². The molecule has 2 amide bonds. The fraction of sp³-hybridized carbons (Fsp3) is 0.533. The standard InChI is InChI=1S/C30H36Cl2FN3O2/c31-25-18-23(20-6-8-22(9-7-20)30(38)36-16-14-35(13-11-33)15-17-36)19-26(32)28(25)27(21-4-2-1-3-5-21)24-10-12-34-29(24)37/h6-9,18-19,21,24,27H,1-5,10-17H2,(H,34,37)/t24-,27?/m0/s1. The van der Waals surface area contributed by atoms with Crippen LogP contribution in [0.4, 0.5) is 4.39 Å². The predicted octanol–water partition coefficient (Wildman–Crippen LogP) is 6.19. The van der Waals surface area contributed by atoms with Crippen LogP contribution in [0.3, 0.4) is 0 Å². The Kier molecular flexibility index (Phi) is 8.91. The van der Waals surface area contributed by atoms with Crippen LogP contribution in [-0.2, 0) is 4.79 Å². The zero-order chi connectivity index (χ0) is 26.6. The molecule has 8 heteroatoms. The second kappa shape index (κ2) is 12.4. The molecule has 1 aliphatic carbocycles. The summed E-state index contributed by atoms with van der Waals surface area (Å²) in [4.78, 5) is 29.6. The lowest BCUT2D eigenvalue weighted by atomic mass is 9.70. The van der Waals surface area contributed by atoms with Gasteiger partial charge in [-0.2, -0.15) is 0 Å². The molecule has 2 heterocycles. The minimum atomic E-state index is -0.360. The number of benzene rings is 2. The van der Waals surface area contributed by atoms with Crippen LogP contribution in [0, 0.1) is 11.8 Å². The van der Waals surface area contributed by atoms with Crippen molar-refractivity contribution in [3.05, 3.63) is 57.6 Å². The van der Waals surface area contributed by atoms with Crippen molar-refractivity contribution < 1.29 is 14.0 Å². The Balaban J connectivity index is 1.35. The van der Waals surface area contributed by atoms with Crippen LogP contribution in [0.15, 0.2) is 36.4 Å². The van der Waals surface area contributed by atoms with E-state index in [1.54, 1.807) is 0 Å². The van der Waals surface area contributed by atoms with E-state index in [0.29, 0.717) is 60.8 Å². The van der Waals surface area contributed by atoms with E-state index in [0.717, 1.165) is 36.0 Å². The van der Waals surface area contributed by atoms with Crippen molar-refractivity contribution in [3.8, 4) is 11.1 Å². The van der Waals surface area contributed by atoms with Gasteiger partial charge >= 0.3 is 0 Å². The quantitative estimate of drug-likeness (QED) is 0.440. The van der Waals surface area contributed by atoms with E-state index in [-0.39, 0.29) is 30.3 Å². The summed E-state index contributed by atoms with van der Waals surface area (Å²) in [6.45, 7) is 3.38. The van der Waals surface area contributed by atoms with E-state index < -0.39 is 0 Å². The zero-order valence-corrected chi connectivity index (χ0v) is 23.2. The molecule has 5 rings (SSSR count). The molecule has 2 aromatic rings. The van der Waals surface area contributed by atoms with Gasteiger partial charge in [-0.1, -0.05) is 54.6 Å². The summed E-state index contributed by atoms with van der Waals surface area (Å²) < 4.78 is 12.6. The first-order valence-corrected chi connectivity index (χ1v) is 14.7. The number of nitrogens with one attached hydrogen (secondary N) is 1. The molecule has 1 N–H and O–H groups in total. The van der Waals surface area contributed by atoms with Gasteiger partial charge in [-0.3, -0.25) is 14.5 Å². The SMILES string of the molecule is O=C1NCC[C@H]1C(c1c(Cl)cc(-c2ccc(C(=O)N3CCN(CCF)CC3)cc2)cc1Cl)C1CCCCC1. The molecule has 2 atom stereocenters. The molecule has 0 aromatic heterocycles. The van der Waals surface area contributed by atoms with Crippen LogP contribution in [-0.4, -0.2) is 67.6 Å². The molecule has 3 fully saturated rings. The van der Waals surface area contributed by atoms with Crippen molar-refractivity contribution in [2.75, 3.05) is 45.9 Å². The van der Waals surface area contributed by atoms with Crippen molar-refractivity contribution in [1.82, 2.24) is 15.1 Å². The number of amides is 2. The average Bonchev–Trinajstić information content (AvgIpc) is 3.36. The smallest absolute Gasteiger partial charge is 0.253 e. The van der Waals surface area contributed by atoms with Crippen molar-refractivity contribution >= 4 is 35.0 Å². The minimum Gasteiger partial charge on any atom is -0.356 e. The van der Waals surface area contributed by atoms with Crippen LogP contribution in [0.2, 0.25) is 10.0 Å². The highest BCUT2D eigenvalue weighted by atomic mass is 35.5. The Bertz CT molecular complexity index is 1120. The topological polar surface area (TPSA) is 52.7 Å². The lowest BCUT2D eigenvalue weighted by Gasteiger charge is -2.35. The monoisotopic (exact) mass is 559 g/mol. The minimum absolute atomic E-state index is 0.00646. The van der Waals surface area contributed by atoms with E-state index in [1.807, 2.05) is 46.2 Å². The Morgan fingerprint density at radius 1 is 0.947 bits per heavy atom. The summed E-state index contributed by atoms with van der Waals surface area (Å²) in [5.41, 5.74) is 3.36. The van der Waals surface area contributed by atoms with Crippen molar-refractivity contribution in [2.45, 2.75) is 44.4 Å². The maximum atomic E-state index is 13.0. The van der Waals surface area contributed by atoms with E-state index in [9.17, 15) is 14.0 Å². The van der Waals surface area contributed by atoms with Crippen molar-refractivity contribution in [1.29, 1.82) is 0 Å². The highest BCUT2D eigenvalue weighted by molar-refractivity contribution is 6.36. The van der Waals surface area contributed by atoms with Crippen LogP contribution in [0.25, 0.3) is 11.1 Å². The molecule has 1 saturated carbocycles. The number of carbonyl (C=O) groups excluding carboxylic acids is 2. The van der Waals surface area contributed by atoms with Gasteiger partial charge in [-0.15, -0.1) is 0 Å². The molecule has 0 radical (unpaired) electrons. The van der Waals surface area contributed by atoms with Gasteiger partial charge in [0, 0.05) is 66.7 Å². The highest BCUT2D eigenvalue weighted by Crippen LogP contribution is 2.48. The molecule has 0 spiro atoms. The van der Waals surface area contributed by atoms with Crippen molar-refractivity contribution in [2.24, 2.45) is 11.8 Å². The van der Waals surface area contributed by atoms with Gasteiger partial charge in [-0.05, 0) is 66.1 Å². The summed E-state index contributed by atoms with van der Waals surface area (Å²) in [7, 11) is 0. The number of rotatable bonds is 7. The number of hydrogen-bond acceptors (Lipinski definition) is 3. The Morgan fingerprint density at radius 2 is 1.61 bits per heavy atom. The molecule has 3 aliphatic rings. The van der Waals surface area contributed by atoms with Gasteiger partial charge in [0.1, 0.15) is 6.67 Å². The molecule has 5 nitrogen and oxygen atoms in total. The molecule has 204 valence electrons. The van der Waals surface area contributed by atoms with E-state index in [1.165, 1.54) is 19.3 Å². The summed E-state index contributed by atoms with van der Waals surface area (Å²) >= 11 is 13.9. The largest absolute Gasteiger partial charge is 0.356 e. The Hall–Kier alpha value is -2.15. The van der Waals surface area contributed by atoms with E-state index in [4.69, 9.17) is 23.2 Å². The summed E-state index contributed by atoms with van der Waals surface area (Å²) in [5, 5.41) is 4.22. The molecule has 38 heavy (non-hydrogen) atoms. The fourth-order valence-electron chi connectivity index (χ4n) is 6.57. The van der Waals surface area contributed by atoms with E-state index in [2.05, 4.69) is 5.32 Å². The number of hydrogen-bond donors (Lipinski definition) is 1. The lowest BCUT2D eigenvalue weighted by molar-refractivity contribution is -0.123. The van der Waals surface area contributed by atoms with Gasteiger partial charge in [0.15, 0.2) is 0 Å². The van der Waals surface area contributed by atoms with E-state index >= 15 is 0 Å². The first-order valence-electron chi connectivity index (χ1n) is 13.9. The molecular weight excluding hydrogens is 524 g/mol.